The minimum Gasteiger partial charge on any atom is -0.665 e. The van der Waals surface area contributed by atoms with E-state index in [9.17, 15) is 0 Å². The minimum atomic E-state index is 0. The Kier molecular flexibility index (Phi) is 72.5. The van der Waals surface area contributed by atoms with Crippen LogP contribution in [0.5, 0.6) is 0 Å². The van der Waals surface area contributed by atoms with Crippen molar-refractivity contribution in [1.29, 1.82) is 0 Å². The van der Waals surface area contributed by atoms with Crippen LogP contribution in [0.15, 0.2) is 0 Å². The summed E-state index contributed by atoms with van der Waals surface area (Å²) >= 11 is 0. The van der Waals surface area contributed by atoms with Gasteiger partial charge in [-0.05, 0) is 0 Å². The average Bonchev–Trinajstić information content (AvgIpc) is 2.62. The molecule has 25 heavy (non-hydrogen) atoms. The van der Waals surface area contributed by atoms with Crippen molar-refractivity contribution < 1.29 is 21.7 Å². The third-order valence-electron chi connectivity index (χ3n) is 2.94. The van der Waals surface area contributed by atoms with Crippen LogP contribution in [0.25, 0.3) is 21.3 Å². The number of rotatable bonds is 12. The molecule has 0 amide bonds. The Morgan fingerprint density at radius 3 is 0.600 bits per heavy atom. The van der Waals surface area contributed by atoms with Gasteiger partial charge in [-0.2, -0.15) is 28.2 Å². The summed E-state index contributed by atoms with van der Waals surface area (Å²) in [5.74, 6) is 0. The Balaban J connectivity index is -0.0000000702. The summed E-state index contributed by atoms with van der Waals surface area (Å²) in [7, 11) is 7.43. The molecule has 152 valence electrons. The van der Waals surface area contributed by atoms with E-state index < -0.39 is 0 Å². The number of hydrogen-bond donors (Lipinski definition) is 0. The van der Waals surface area contributed by atoms with Gasteiger partial charge in [0.1, 0.15) is 0 Å². The van der Waals surface area contributed by atoms with Crippen molar-refractivity contribution in [2.75, 3.05) is 54.4 Å². The Hall–Kier alpha value is 0.554. The third-order valence-corrected chi connectivity index (χ3v) is 2.94. The van der Waals surface area contributed by atoms with Crippen molar-refractivity contribution in [3.05, 3.63) is 21.3 Å². The van der Waals surface area contributed by atoms with E-state index in [0.717, 1.165) is 26.2 Å². The topological polar surface area (TPSA) is 56.4 Å². The molecule has 0 atom stereocenters. The van der Waals surface area contributed by atoms with Crippen LogP contribution in [-0.2, 0) is 21.7 Å². The van der Waals surface area contributed by atoms with Gasteiger partial charge in [-0.15, -0.1) is 26.2 Å². The predicted octanol–water partition coefficient (Wildman–Crippen LogP) is 7.16. The summed E-state index contributed by atoms with van der Waals surface area (Å²) in [5.41, 5.74) is 0. The second-order valence-corrected chi connectivity index (χ2v) is 5.57. The van der Waals surface area contributed by atoms with Crippen molar-refractivity contribution in [2.45, 2.75) is 79.1 Å². The zero-order valence-electron chi connectivity index (χ0n) is 18.8. The van der Waals surface area contributed by atoms with Gasteiger partial charge in [0, 0.05) is 0 Å². The number of unbranched alkanes of at least 4 members (excludes halogenated alkanes) is 4. The van der Waals surface area contributed by atoms with E-state index in [4.69, 9.17) is 0 Å². The van der Waals surface area contributed by atoms with Gasteiger partial charge in [0.2, 0.25) is 0 Å². The molecule has 0 N–H and O–H groups in total. The van der Waals surface area contributed by atoms with Crippen LogP contribution < -0.4 is 0 Å². The van der Waals surface area contributed by atoms with E-state index in [1.165, 1.54) is 51.4 Å². The van der Waals surface area contributed by atoms with Crippen molar-refractivity contribution in [3.8, 4) is 0 Å². The largest absolute Gasteiger partial charge is 4.00 e. The van der Waals surface area contributed by atoms with E-state index >= 15 is 0 Å². The molecule has 0 aromatic rings. The smallest absolute Gasteiger partial charge is 0.665 e. The molecule has 0 saturated heterocycles. The minimum absolute atomic E-state index is 0. The van der Waals surface area contributed by atoms with Gasteiger partial charge in [-0.25, -0.2) is 0 Å². The summed E-state index contributed by atoms with van der Waals surface area (Å²) in [6, 6.07) is 0. The normalized spacial score (nSPS) is 8.64. The van der Waals surface area contributed by atoms with Crippen molar-refractivity contribution >= 4 is 0 Å². The predicted molar refractivity (Wildman–Crippen MR) is 116 cm³/mol. The van der Waals surface area contributed by atoms with E-state index in [1.807, 2.05) is 28.2 Å². The average molecular weight is 392 g/mol. The Labute approximate surface area is 176 Å². The zero-order chi connectivity index (χ0) is 19.3. The third kappa shape index (κ3) is 79.3. The summed E-state index contributed by atoms with van der Waals surface area (Å²) in [5, 5.41) is 15.7. The van der Waals surface area contributed by atoms with Gasteiger partial charge < -0.3 is 21.3 Å². The molecule has 0 rings (SSSR count). The molecule has 0 aromatic carbocycles. The molecular formula is C20H48N4Ti. The van der Waals surface area contributed by atoms with E-state index in [-0.39, 0.29) is 21.7 Å². The molecule has 5 heteroatoms. The monoisotopic (exact) mass is 392 g/mol. The van der Waals surface area contributed by atoms with Crippen molar-refractivity contribution in [2.24, 2.45) is 0 Å². The molecular weight excluding hydrogens is 344 g/mol. The molecule has 0 fully saturated rings. The van der Waals surface area contributed by atoms with E-state index in [0.29, 0.717) is 0 Å². The molecule has 0 bridgehead atoms. The first-order valence-corrected chi connectivity index (χ1v) is 9.88. The zero-order valence-corrected chi connectivity index (χ0v) is 20.3. The molecule has 0 heterocycles. The second-order valence-electron chi connectivity index (χ2n) is 5.57. The summed E-state index contributed by atoms with van der Waals surface area (Å²) in [6.07, 6.45) is 10.0. The van der Waals surface area contributed by atoms with Crippen molar-refractivity contribution in [3.63, 3.8) is 0 Å². The summed E-state index contributed by atoms with van der Waals surface area (Å²) in [6.45, 7) is 12.8. The summed E-state index contributed by atoms with van der Waals surface area (Å²) in [4.78, 5) is 0. The van der Waals surface area contributed by atoms with Gasteiger partial charge in [0.25, 0.3) is 0 Å². The van der Waals surface area contributed by atoms with E-state index in [2.05, 4.69) is 49.0 Å². The van der Waals surface area contributed by atoms with Crippen LogP contribution in [0.1, 0.15) is 79.1 Å². The summed E-state index contributed by atoms with van der Waals surface area (Å²) < 4.78 is 0. The van der Waals surface area contributed by atoms with Crippen molar-refractivity contribution in [1.82, 2.24) is 0 Å². The first-order valence-electron chi connectivity index (χ1n) is 9.88. The van der Waals surface area contributed by atoms with Crippen LogP contribution in [0.3, 0.4) is 0 Å². The first-order chi connectivity index (χ1) is 11.7. The van der Waals surface area contributed by atoms with E-state index in [1.54, 1.807) is 0 Å². The Morgan fingerprint density at radius 2 is 0.560 bits per heavy atom. The maximum atomic E-state index is 3.93. The fourth-order valence-electron chi connectivity index (χ4n) is 1.26. The number of nitrogens with zero attached hydrogens (tertiary/aromatic N) is 4. The SMILES string of the molecule is CCCC[N-]C.CCCC[N-]C.CCCC[N-]C.CCCC[N-]C.[Ti+4]. The molecule has 0 aromatic heterocycles. The maximum Gasteiger partial charge on any atom is 4.00 e. The molecule has 4 nitrogen and oxygen atoms in total. The van der Waals surface area contributed by atoms with Gasteiger partial charge in [0.05, 0.1) is 0 Å². The first kappa shape index (κ1) is 36.5. The Bertz CT molecular complexity index is 102. The maximum absolute atomic E-state index is 3.93. The molecule has 0 spiro atoms. The van der Waals surface area contributed by atoms with Crippen LogP contribution in [0.2, 0.25) is 0 Å². The van der Waals surface area contributed by atoms with Crippen LogP contribution in [0.4, 0.5) is 0 Å². The molecule has 0 radical (unpaired) electrons. The van der Waals surface area contributed by atoms with Crippen LogP contribution in [0, 0.1) is 0 Å². The van der Waals surface area contributed by atoms with Gasteiger partial charge in [-0.3, -0.25) is 0 Å². The molecule has 0 aliphatic carbocycles. The Morgan fingerprint density at radius 1 is 0.400 bits per heavy atom. The molecule has 0 unspecified atom stereocenters. The van der Waals surface area contributed by atoms with Gasteiger partial charge >= 0.3 is 21.7 Å². The standard InChI is InChI=1S/4C5H12N.Ti/c4*1-3-4-5-6-2;/h4*3-5H2,1-2H3;/q4*-1;+4. The number of hydrogen-bond acceptors (Lipinski definition) is 0. The fourth-order valence-corrected chi connectivity index (χ4v) is 1.26. The molecule has 0 aliphatic rings. The van der Waals surface area contributed by atoms with Crippen LogP contribution >= 0.6 is 0 Å². The molecule has 0 saturated carbocycles. The molecule has 0 aliphatic heterocycles. The fraction of sp³-hybridized carbons (Fsp3) is 1.00. The second kappa shape index (κ2) is 49.7. The van der Waals surface area contributed by atoms with Gasteiger partial charge in [0.15, 0.2) is 0 Å². The van der Waals surface area contributed by atoms with Gasteiger partial charge in [-0.1, -0.05) is 79.1 Å². The quantitative estimate of drug-likeness (QED) is 0.250. The van der Waals surface area contributed by atoms with Crippen LogP contribution in [-0.4, -0.2) is 54.4 Å².